The first-order valence-electron chi connectivity index (χ1n) is 21.3. The van der Waals surface area contributed by atoms with Crippen molar-refractivity contribution in [3.63, 3.8) is 0 Å². The Kier molecular flexibility index (Phi) is 7.80. The lowest BCUT2D eigenvalue weighted by Crippen LogP contribution is -2.01. The third-order valence-electron chi connectivity index (χ3n) is 12.5. The van der Waals surface area contributed by atoms with Crippen LogP contribution in [-0.2, 0) is 0 Å². The van der Waals surface area contributed by atoms with Gasteiger partial charge in [0.2, 0.25) is 0 Å². The van der Waals surface area contributed by atoms with Gasteiger partial charge in [-0.1, -0.05) is 133 Å². The Bertz CT molecular complexity index is 3840. The van der Waals surface area contributed by atoms with Gasteiger partial charge in [-0.15, -0.1) is 0 Å². The zero-order valence-corrected chi connectivity index (χ0v) is 34.0. The summed E-state index contributed by atoms with van der Waals surface area (Å²) in [6.45, 7) is 0. The summed E-state index contributed by atoms with van der Waals surface area (Å²) in [7, 11) is 0. The van der Waals surface area contributed by atoms with E-state index in [-0.39, 0.29) is 0 Å². The molecule has 0 spiro atoms. The van der Waals surface area contributed by atoms with Gasteiger partial charge in [0.05, 0.1) is 33.1 Å². The standard InChI is InChI=1S/C57H36N6/c1-3-16-37(17-4-1)55-58-56(60-57(59-55)39-18-15-21-42(34-39)63-49-26-11-7-22-43(49)44-23-8-12-27-50(44)63)38-30-32-41(33-31-38)62-52-29-14-10-25-46(52)48-35-47-45-24-9-13-28-51(45)61(53(47)36-54(48)62)40-19-5-2-6-20-40/h1-36H. The molecule has 0 aliphatic rings. The summed E-state index contributed by atoms with van der Waals surface area (Å²) in [5, 5.41) is 7.36. The Morgan fingerprint density at radius 2 is 0.587 bits per heavy atom. The molecule has 4 heterocycles. The summed E-state index contributed by atoms with van der Waals surface area (Å²) in [6.07, 6.45) is 0. The highest BCUT2D eigenvalue weighted by atomic mass is 15.0. The number of hydrogen-bond acceptors (Lipinski definition) is 3. The largest absolute Gasteiger partial charge is 0.309 e. The van der Waals surface area contributed by atoms with Crippen molar-refractivity contribution in [3.05, 3.63) is 218 Å². The number of rotatable bonds is 6. The minimum Gasteiger partial charge on any atom is -0.309 e. The van der Waals surface area contributed by atoms with Crippen LogP contribution in [0.3, 0.4) is 0 Å². The van der Waals surface area contributed by atoms with Crippen molar-refractivity contribution < 1.29 is 0 Å². The molecule has 0 aliphatic carbocycles. The minimum atomic E-state index is 0.615. The molecule has 0 unspecified atom stereocenters. The second-order valence-corrected chi connectivity index (χ2v) is 16.1. The van der Waals surface area contributed by atoms with Gasteiger partial charge >= 0.3 is 0 Å². The van der Waals surface area contributed by atoms with E-state index in [4.69, 9.17) is 15.0 Å². The number of fused-ring (bicyclic) bond motifs is 9. The fourth-order valence-electron chi connectivity index (χ4n) is 9.66. The average Bonchev–Trinajstić information content (AvgIpc) is 3.99. The van der Waals surface area contributed by atoms with Crippen LogP contribution in [0, 0.1) is 0 Å². The molecule has 0 bridgehead atoms. The van der Waals surface area contributed by atoms with E-state index in [1.54, 1.807) is 0 Å². The fraction of sp³-hybridized carbons (Fsp3) is 0. The van der Waals surface area contributed by atoms with E-state index in [9.17, 15) is 0 Å². The lowest BCUT2D eigenvalue weighted by molar-refractivity contribution is 1.07. The molecule has 0 atom stereocenters. The first-order chi connectivity index (χ1) is 31.2. The quantitative estimate of drug-likeness (QED) is 0.168. The smallest absolute Gasteiger partial charge is 0.164 e. The van der Waals surface area contributed by atoms with Crippen LogP contribution in [0.15, 0.2) is 218 Å². The molecule has 0 saturated carbocycles. The molecule has 0 N–H and O–H groups in total. The van der Waals surface area contributed by atoms with Gasteiger partial charge in [0, 0.05) is 66.1 Å². The molecule has 0 fully saturated rings. The summed E-state index contributed by atoms with van der Waals surface area (Å²) >= 11 is 0. The lowest BCUT2D eigenvalue weighted by Gasteiger charge is -2.12. The molecule has 6 heteroatoms. The van der Waals surface area contributed by atoms with Gasteiger partial charge in [-0.3, -0.25) is 0 Å². The summed E-state index contributed by atoms with van der Waals surface area (Å²) in [5.41, 5.74) is 13.0. The Morgan fingerprint density at radius 3 is 1.11 bits per heavy atom. The highest BCUT2D eigenvalue weighted by molar-refractivity contribution is 6.19. The second kappa shape index (κ2) is 14.0. The average molecular weight is 805 g/mol. The van der Waals surface area contributed by atoms with Crippen LogP contribution in [0.2, 0.25) is 0 Å². The molecule has 6 nitrogen and oxygen atoms in total. The van der Waals surface area contributed by atoms with E-state index >= 15 is 0 Å². The van der Waals surface area contributed by atoms with Crippen LogP contribution < -0.4 is 0 Å². The first-order valence-corrected chi connectivity index (χ1v) is 21.3. The molecular weight excluding hydrogens is 769 g/mol. The zero-order valence-electron chi connectivity index (χ0n) is 34.0. The monoisotopic (exact) mass is 804 g/mol. The number of para-hydroxylation sites is 5. The van der Waals surface area contributed by atoms with Crippen LogP contribution in [0.1, 0.15) is 0 Å². The first kappa shape index (κ1) is 35.2. The van der Waals surface area contributed by atoms with Gasteiger partial charge in [0.25, 0.3) is 0 Å². The molecule has 0 aliphatic heterocycles. The van der Waals surface area contributed by atoms with E-state index in [1.165, 1.54) is 43.4 Å². The summed E-state index contributed by atoms with van der Waals surface area (Å²) in [6, 6.07) is 77.3. The van der Waals surface area contributed by atoms with E-state index in [2.05, 4.69) is 214 Å². The topological polar surface area (TPSA) is 53.5 Å². The molecule has 9 aromatic carbocycles. The maximum absolute atomic E-state index is 5.19. The molecule has 294 valence electrons. The van der Waals surface area contributed by atoms with Gasteiger partial charge < -0.3 is 13.7 Å². The molecular formula is C57H36N6. The van der Waals surface area contributed by atoms with Gasteiger partial charge in [-0.25, -0.2) is 15.0 Å². The molecule has 13 rings (SSSR count). The van der Waals surface area contributed by atoms with E-state index in [0.29, 0.717) is 17.5 Å². The SMILES string of the molecule is c1ccc(-c2nc(-c3ccc(-n4c5ccccc5c5cc6c7ccccc7n(-c7ccccc7)c6cc54)cc3)nc(-c3cccc(-n4c5ccccc5c5ccccc54)c3)n2)cc1. The summed E-state index contributed by atoms with van der Waals surface area (Å²) in [5.74, 6) is 1.86. The van der Waals surface area contributed by atoms with Crippen LogP contribution in [0.5, 0.6) is 0 Å². The Balaban J connectivity index is 0.962. The van der Waals surface area contributed by atoms with Gasteiger partial charge in [0.15, 0.2) is 17.5 Å². The third-order valence-corrected chi connectivity index (χ3v) is 12.5. The third kappa shape index (κ3) is 5.55. The maximum Gasteiger partial charge on any atom is 0.164 e. The Hall–Kier alpha value is -8.61. The van der Waals surface area contributed by atoms with Crippen molar-refractivity contribution in [2.75, 3.05) is 0 Å². The van der Waals surface area contributed by atoms with E-state index < -0.39 is 0 Å². The van der Waals surface area contributed by atoms with Gasteiger partial charge in [0.1, 0.15) is 0 Å². The molecule has 0 amide bonds. The van der Waals surface area contributed by atoms with Crippen LogP contribution in [0.4, 0.5) is 0 Å². The van der Waals surface area contributed by atoms with Crippen molar-refractivity contribution in [1.82, 2.24) is 28.7 Å². The number of benzene rings is 9. The predicted molar refractivity (Wildman–Crippen MR) is 259 cm³/mol. The van der Waals surface area contributed by atoms with E-state index in [0.717, 1.165) is 55.8 Å². The molecule has 4 aromatic heterocycles. The number of aromatic nitrogens is 6. The zero-order chi connectivity index (χ0) is 41.4. The predicted octanol–water partition coefficient (Wildman–Crippen LogP) is 14.2. The molecule has 0 saturated heterocycles. The molecule has 0 radical (unpaired) electrons. The number of hydrogen-bond donors (Lipinski definition) is 0. The van der Waals surface area contributed by atoms with E-state index in [1.807, 2.05) is 18.2 Å². The van der Waals surface area contributed by atoms with Crippen LogP contribution in [0.25, 0.3) is 117 Å². The van der Waals surface area contributed by atoms with Crippen molar-refractivity contribution in [3.8, 4) is 51.2 Å². The lowest BCUT2D eigenvalue weighted by atomic mass is 10.1. The highest BCUT2D eigenvalue weighted by Crippen LogP contribution is 2.40. The highest BCUT2D eigenvalue weighted by Gasteiger charge is 2.20. The van der Waals surface area contributed by atoms with Crippen molar-refractivity contribution in [2.45, 2.75) is 0 Å². The second-order valence-electron chi connectivity index (χ2n) is 16.1. The fourth-order valence-corrected chi connectivity index (χ4v) is 9.66. The van der Waals surface area contributed by atoms with Crippen LogP contribution in [-0.4, -0.2) is 28.7 Å². The maximum atomic E-state index is 5.19. The number of nitrogens with zero attached hydrogens (tertiary/aromatic N) is 6. The molecule has 13 aromatic rings. The van der Waals surface area contributed by atoms with Gasteiger partial charge in [-0.2, -0.15) is 0 Å². The Labute approximate surface area is 362 Å². The normalized spacial score (nSPS) is 11.8. The molecule has 63 heavy (non-hydrogen) atoms. The summed E-state index contributed by atoms with van der Waals surface area (Å²) < 4.78 is 7.10. The summed E-state index contributed by atoms with van der Waals surface area (Å²) in [4.78, 5) is 15.4. The Morgan fingerprint density at radius 1 is 0.222 bits per heavy atom. The van der Waals surface area contributed by atoms with Crippen molar-refractivity contribution in [1.29, 1.82) is 0 Å². The van der Waals surface area contributed by atoms with Crippen molar-refractivity contribution >= 4 is 65.4 Å². The van der Waals surface area contributed by atoms with Gasteiger partial charge in [-0.05, 0) is 84.9 Å². The van der Waals surface area contributed by atoms with Crippen molar-refractivity contribution in [2.24, 2.45) is 0 Å². The minimum absolute atomic E-state index is 0.615. The van der Waals surface area contributed by atoms with Crippen LogP contribution >= 0.6 is 0 Å².